The van der Waals surface area contributed by atoms with E-state index >= 15 is 0 Å². The van der Waals surface area contributed by atoms with Crippen LogP contribution in [-0.4, -0.2) is 37.2 Å². The van der Waals surface area contributed by atoms with E-state index < -0.39 is 6.10 Å². The van der Waals surface area contributed by atoms with Gasteiger partial charge in [0, 0.05) is 19.3 Å². The van der Waals surface area contributed by atoms with Crippen molar-refractivity contribution in [3.8, 4) is 0 Å². The van der Waals surface area contributed by atoms with Gasteiger partial charge in [-0.25, -0.2) is 0 Å². The zero-order valence-electron chi connectivity index (χ0n) is 53.3. The van der Waals surface area contributed by atoms with E-state index in [0.29, 0.717) is 19.3 Å². The highest BCUT2D eigenvalue weighted by Gasteiger charge is 2.19. The molecule has 0 aliphatic heterocycles. The Morgan fingerprint density at radius 3 is 0.753 bits per heavy atom. The monoisotopic (exact) mass is 1120 g/mol. The van der Waals surface area contributed by atoms with Crippen LogP contribution in [0.4, 0.5) is 0 Å². The minimum absolute atomic E-state index is 0.0919. The minimum atomic E-state index is -0.801. The fourth-order valence-electron chi connectivity index (χ4n) is 9.68. The molecule has 0 saturated heterocycles. The molecule has 0 heterocycles. The standard InChI is InChI=1S/C75H128O6/c1-4-7-10-13-16-19-22-25-28-31-33-34-35-36-37-38-39-40-41-42-43-45-47-50-53-56-59-62-65-68-74(77)80-71-72(70-79-73(76)67-64-61-58-55-52-49-46-30-27-24-21-18-15-12-9-6-3)81-75(78)69-66-63-60-57-54-51-48-44-32-29-26-23-20-17-14-11-8-5-2/h7,10,16,19,25,28,33-34,36-37,39-40,42-43,47,50,56,59,72H,4-6,8-9,11-15,17-18,20-24,26-27,29-32,35,38,41,44-46,48-49,51-55,57-58,60-71H2,1-3H3/b10-7-,19-16-,28-25-,34-33-,37-36-,40-39-,43-42-,50-47-,59-56-. The van der Waals surface area contributed by atoms with Gasteiger partial charge in [-0.1, -0.05) is 336 Å². The van der Waals surface area contributed by atoms with Crippen molar-refractivity contribution in [1.82, 2.24) is 0 Å². The lowest BCUT2D eigenvalue weighted by molar-refractivity contribution is -0.167. The number of unbranched alkanes of at least 4 members (excludes halogenated alkanes) is 33. The van der Waals surface area contributed by atoms with Crippen LogP contribution in [0.1, 0.15) is 329 Å². The van der Waals surface area contributed by atoms with Crippen LogP contribution in [0.2, 0.25) is 0 Å². The van der Waals surface area contributed by atoms with Gasteiger partial charge in [0.15, 0.2) is 6.10 Å². The van der Waals surface area contributed by atoms with Crippen molar-refractivity contribution in [2.24, 2.45) is 0 Å². The molecule has 0 aromatic rings. The Morgan fingerprint density at radius 2 is 0.481 bits per heavy atom. The van der Waals surface area contributed by atoms with Crippen LogP contribution < -0.4 is 0 Å². The summed E-state index contributed by atoms with van der Waals surface area (Å²) in [6.45, 7) is 6.53. The summed E-state index contributed by atoms with van der Waals surface area (Å²) in [6, 6.07) is 0. The van der Waals surface area contributed by atoms with Crippen molar-refractivity contribution < 1.29 is 28.6 Å². The van der Waals surface area contributed by atoms with Gasteiger partial charge in [0.05, 0.1) is 0 Å². The molecule has 0 aliphatic rings. The van der Waals surface area contributed by atoms with Crippen molar-refractivity contribution in [2.45, 2.75) is 335 Å². The first-order valence-corrected chi connectivity index (χ1v) is 34.4. The summed E-state index contributed by atoms with van der Waals surface area (Å²) >= 11 is 0. The molecule has 6 nitrogen and oxygen atoms in total. The highest BCUT2D eigenvalue weighted by molar-refractivity contribution is 5.71. The number of hydrogen-bond donors (Lipinski definition) is 0. The number of esters is 3. The molecule has 0 fully saturated rings. The Balaban J connectivity index is 4.43. The van der Waals surface area contributed by atoms with Crippen LogP contribution >= 0.6 is 0 Å². The van der Waals surface area contributed by atoms with Crippen molar-refractivity contribution >= 4 is 17.9 Å². The predicted molar refractivity (Wildman–Crippen MR) is 353 cm³/mol. The van der Waals surface area contributed by atoms with Gasteiger partial charge in [0.1, 0.15) is 13.2 Å². The van der Waals surface area contributed by atoms with E-state index in [4.69, 9.17) is 14.2 Å². The third-order valence-electron chi connectivity index (χ3n) is 14.8. The molecule has 0 spiro atoms. The second-order valence-electron chi connectivity index (χ2n) is 22.7. The summed E-state index contributed by atoms with van der Waals surface area (Å²) in [7, 11) is 0. The number of carbonyl (C=O) groups is 3. The largest absolute Gasteiger partial charge is 0.462 e. The van der Waals surface area contributed by atoms with E-state index in [2.05, 4.69) is 130 Å². The third-order valence-corrected chi connectivity index (χ3v) is 14.8. The maximum atomic E-state index is 12.9. The molecule has 0 aliphatic carbocycles. The Labute approximate surface area is 501 Å². The molecule has 0 aromatic heterocycles. The van der Waals surface area contributed by atoms with Crippen LogP contribution in [0.5, 0.6) is 0 Å². The molecule has 0 aromatic carbocycles. The molecule has 0 bridgehead atoms. The normalized spacial score (nSPS) is 12.8. The fraction of sp³-hybridized carbons (Fsp3) is 0.720. The molecule has 0 amide bonds. The van der Waals surface area contributed by atoms with E-state index in [0.717, 1.165) is 103 Å². The molecule has 81 heavy (non-hydrogen) atoms. The summed E-state index contributed by atoms with van der Waals surface area (Å²) in [5, 5.41) is 0. The molecular weight excluding hydrogens is 997 g/mol. The highest BCUT2D eigenvalue weighted by atomic mass is 16.6. The third kappa shape index (κ3) is 66.8. The minimum Gasteiger partial charge on any atom is -0.462 e. The number of rotatable bonds is 62. The van der Waals surface area contributed by atoms with Crippen molar-refractivity contribution in [3.05, 3.63) is 109 Å². The zero-order chi connectivity index (χ0) is 58.5. The zero-order valence-corrected chi connectivity index (χ0v) is 53.3. The van der Waals surface area contributed by atoms with E-state index in [9.17, 15) is 14.4 Å². The first-order chi connectivity index (χ1) is 40.0. The van der Waals surface area contributed by atoms with Gasteiger partial charge in [-0.3, -0.25) is 14.4 Å². The lowest BCUT2D eigenvalue weighted by Gasteiger charge is -2.18. The van der Waals surface area contributed by atoms with Gasteiger partial charge in [0.25, 0.3) is 0 Å². The van der Waals surface area contributed by atoms with Crippen molar-refractivity contribution in [3.63, 3.8) is 0 Å². The number of hydrogen-bond acceptors (Lipinski definition) is 6. The molecule has 6 heteroatoms. The van der Waals surface area contributed by atoms with E-state index in [1.165, 1.54) is 180 Å². The average molecular weight is 1130 g/mol. The molecule has 0 N–H and O–H groups in total. The van der Waals surface area contributed by atoms with Crippen LogP contribution in [-0.2, 0) is 28.6 Å². The quantitative estimate of drug-likeness (QED) is 0.0261. The lowest BCUT2D eigenvalue weighted by Crippen LogP contribution is -2.30. The van der Waals surface area contributed by atoms with Crippen LogP contribution in [0, 0.1) is 0 Å². The summed E-state index contributed by atoms with van der Waals surface area (Å²) in [5.74, 6) is -0.938. The summed E-state index contributed by atoms with van der Waals surface area (Å²) in [6.07, 6.45) is 93.9. The van der Waals surface area contributed by atoms with E-state index in [1.54, 1.807) is 0 Å². The molecule has 464 valence electrons. The smallest absolute Gasteiger partial charge is 0.306 e. The SMILES string of the molecule is CC/C=C\C/C=C\C/C=C\C/C=C\C/C=C\C/C=C\C/C=C\C/C=C\C/C=C\CCCC(=O)OCC(COC(=O)CCCCCCCCCCCCCCCCCC)OC(=O)CCCCCCCCCCCCCCCCCCCC. The topological polar surface area (TPSA) is 78.9 Å². The van der Waals surface area contributed by atoms with E-state index in [-0.39, 0.29) is 37.5 Å². The van der Waals surface area contributed by atoms with Gasteiger partial charge in [-0.2, -0.15) is 0 Å². The lowest BCUT2D eigenvalue weighted by atomic mass is 10.0. The first kappa shape index (κ1) is 77.1. The fourth-order valence-corrected chi connectivity index (χ4v) is 9.68. The average Bonchev–Trinajstić information content (AvgIpc) is 3.47. The van der Waals surface area contributed by atoms with Gasteiger partial charge in [-0.05, 0) is 83.5 Å². The van der Waals surface area contributed by atoms with E-state index in [1.807, 2.05) is 0 Å². The Kier molecular flexibility index (Phi) is 65.2. The molecule has 0 saturated carbocycles. The van der Waals surface area contributed by atoms with Gasteiger partial charge in [0.2, 0.25) is 0 Å². The maximum absolute atomic E-state index is 12.9. The molecule has 1 unspecified atom stereocenters. The molecular formula is C75H128O6. The number of ether oxygens (including phenoxy) is 3. The van der Waals surface area contributed by atoms with Crippen molar-refractivity contribution in [1.29, 1.82) is 0 Å². The Bertz CT molecular complexity index is 1620. The molecule has 0 rings (SSSR count). The second kappa shape index (κ2) is 68.6. The summed E-state index contributed by atoms with van der Waals surface area (Å²) in [4.78, 5) is 38.4. The molecule has 0 radical (unpaired) electrons. The van der Waals surface area contributed by atoms with Crippen molar-refractivity contribution in [2.75, 3.05) is 13.2 Å². The maximum Gasteiger partial charge on any atom is 0.306 e. The van der Waals surface area contributed by atoms with Gasteiger partial charge >= 0.3 is 17.9 Å². The van der Waals surface area contributed by atoms with Gasteiger partial charge < -0.3 is 14.2 Å². The highest BCUT2D eigenvalue weighted by Crippen LogP contribution is 2.17. The van der Waals surface area contributed by atoms with Gasteiger partial charge in [-0.15, -0.1) is 0 Å². The number of carbonyl (C=O) groups excluding carboxylic acids is 3. The summed E-state index contributed by atoms with van der Waals surface area (Å²) in [5.41, 5.74) is 0. The molecule has 1 atom stereocenters. The summed E-state index contributed by atoms with van der Waals surface area (Å²) < 4.78 is 16.9. The number of allylic oxidation sites excluding steroid dienone is 18. The Hall–Kier alpha value is -3.93. The first-order valence-electron chi connectivity index (χ1n) is 34.4. The Morgan fingerprint density at radius 1 is 0.259 bits per heavy atom. The second-order valence-corrected chi connectivity index (χ2v) is 22.7. The van der Waals surface area contributed by atoms with Crippen LogP contribution in [0.25, 0.3) is 0 Å². The van der Waals surface area contributed by atoms with Crippen LogP contribution in [0.15, 0.2) is 109 Å². The van der Waals surface area contributed by atoms with Crippen LogP contribution in [0.3, 0.4) is 0 Å². The predicted octanol–water partition coefficient (Wildman–Crippen LogP) is 23.8.